The van der Waals surface area contributed by atoms with E-state index in [2.05, 4.69) is 26.8 Å². The summed E-state index contributed by atoms with van der Waals surface area (Å²) in [6, 6.07) is 0. The lowest BCUT2D eigenvalue weighted by Gasteiger charge is -2.29. The van der Waals surface area contributed by atoms with E-state index in [9.17, 15) is 5.11 Å². The van der Waals surface area contributed by atoms with Gasteiger partial charge in [0.2, 0.25) is 0 Å². The monoisotopic (exact) mass is 208 g/mol. The van der Waals surface area contributed by atoms with Crippen molar-refractivity contribution < 1.29 is 5.11 Å². The lowest BCUT2D eigenvalue weighted by Crippen LogP contribution is -2.20. The summed E-state index contributed by atoms with van der Waals surface area (Å²) in [6.45, 7) is 10.7. The van der Waals surface area contributed by atoms with Crippen molar-refractivity contribution in [1.82, 2.24) is 0 Å². The van der Waals surface area contributed by atoms with Crippen molar-refractivity contribution in [2.45, 2.75) is 53.9 Å². The number of rotatable bonds is 3. The maximum Gasteiger partial charge on any atom is 0.0880 e. The van der Waals surface area contributed by atoms with Gasteiger partial charge in [-0.05, 0) is 56.9 Å². The molecule has 15 heavy (non-hydrogen) atoms. The van der Waals surface area contributed by atoms with Gasteiger partial charge in [0.25, 0.3) is 0 Å². The standard InChI is InChI=1S/C14H24O/c1-10(12(3)15)6-8-13-9-7-11(2)14(13,4)5/h7,13,15H,6,8-9H2,1-5H3/b12-10-/t13-/m1/s1. The highest BCUT2D eigenvalue weighted by molar-refractivity contribution is 5.18. The summed E-state index contributed by atoms with van der Waals surface area (Å²) in [5.41, 5.74) is 3.01. The van der Waals surface area contributed by atoms with Crippen LogP contribution in [0.2, 0.25) is 0 Å². The fraction of sp³-hybridized carbons (Fsp3) is 0.714. The van der Waals surface area contributed by atoms with Crippen LogP contribution in [-0.2, 0) is 0 Å². The van der Waals surface area contributed by atoms with Gasteiger partial charge in [0.05, 0.1) is 5.76 Å². The third-order valence-electron chi connectivity index (χ3n) is 4.23. The molecule has 1 atom stereocenters. The number of allylic oxidation sites excluding steroid dienone is 4. The van der Waals surface area contributed by atoms with Crippen LogP contribution in [0.3, 0.4) is 0 Å². The molecule has 0 radical (unpaired) electrons. The maximum absolute atomic E-state index is 9.34. The molecule has 1 aliphatic carbocycles. The Kier molecular flexibility index (Phi) is 3.64. The smallest absolute Gasteiger partial charge is 0.0880 e. The molecule has 0 unspecified atom stereocenters. The first-order valence-corrected chi connectivity index (χ1v) is 5.88. The fourth-order valence-corrected chi connectivity index (χ4v) is 2.25. The first kappa shape index (κ1) is 12.4. The van der Waals surface area contributed by atoms with E-state index in [4.69, 9.17) is 0 Å². The molecule has 0 aliphatic heterocycles. The van der Waals surface area contributed by atoms with Crippen molar-refractivity contribution >= 4 is 0 Å². The van der Waals surface area contributed by atoms with E-state index in [1.165, 1.54) is 18.4 Å². The minimum absolute atomic E-state index is 0.351. The molecule has 1 N–H and O–H groups in total. The number of hydrogen-bond acceptors (Lipinski definition) is 1. The van der Waals surface area contributed by atoms with E-state index >= 15 is 0 Å². The molecule has 1 nitrogen and oxygen atoms in total. The van der Waals surface area contributed by atoms with Crippen LogP contribution in [0.15, 0.2) is 23.0 Å². The van der Waals surface area contributed by atoms with Crippen LogP contribution < -0.4 is 0 Å². The van der Waals surface area contributed by atoms with Crippen LogP contribution in [0, 0.1) is 11.3 Å². The molecule has 1 aliphatic rings. The molecule has 86 valence electrons. The van der Waals surface area contributed by atoms with Crippen LogP contribution in [0.25, 0.3) is 0 Å². The first-order valence-electron chi connectivity index (χ1n) is 5.88. The summed E-state index contributed by atoms with van der Waals surface area (Å²) >= 11 is 0. The van der Waals surface area contributed by atoms with Gasteiger partial charge in [-0.15, -0.1) is 0 Å². The Balaban J connectivity index is 2.53. The largest absolute Gasteiger partial charge is 0.513 e. The zero-order chi connectivity index (χ0) is 11.6. The second-order valence-electron chi connectivity index (χ2n) is 5.45. The Labute approximate surface area is 93.9 Å². The van der Waals surface area contributed by atoms with E-state index in [1.54, 1.807) is 6.92 Å². The lowest BCUT2D eigenvalue weighted by molar-refractivity contribution is 0.273. The van der Waals surface area contributed by atoms with Gasteiger partial charge in [0, 0.05) is 0 Å². The van der Waals surface area contributed by atoms with E-state index in [0.29, 0.717) is 11.2 Å². The van der Waals surface area contributed by atoms with Crippen molar-refractivity contribution in [3.05, 3.63) is 23.0 Å². The molecule has 0 aromatic rings. The average molecular weight is 208 g/mol. The van der Waals surface area contributed by atoms with Crippen molar-refractivity contribution in [3.63, 3.8) is 0 Å². The molecule has 0 aromatic heterocycles. The van der Waals surface area contributed by atoms with Gasteiger partial charge in [0.15, 0.2) is 0 Å². The molecule has 0 heterocycles. The SMILES string of the molecule is CC1=CC[C@@H](CC/C(C)=C(/C)O)C1(C)C. The summed E-state index contributed by atoms with van der Waals surface area (Å²) in [6.07, 6.45) is 5.79. The van der Waals surface area contributed by atoms with Crippen LogP contribution in [0.1, 0.15) is 53.9 Å². The number of hydrogen-bond donors (Lipinski definition) is 1. The number of aliphatic hydroxyl groups is 1. The lowest BCUT2D eigenvalue weighted by atomic mass is 9.75. The van der Waals surface area contributed by atoms with Gasteiger partial charge in [-0.3, -0.25) is 0 Å². The maximum atomic E-state index is 9.34. The average Bonchev–Trinajstić information content (AvgIpc) is 2.39. The Morgan fingerprint density at radius 3 is 2.47 bits per heavy atom. The quantitative estimate of drug-likeness (QED) is 0.530. The molecular formula is C14H24O. The molecule has 0 saturated carbocycles. The van der Waals surface area contributed by atoms with Gasteiger partial charge in [0.1, 0.15) is 0 Å². The van der Waals surface area contributed by atoms with Crippen LogP contribution in [0.4, 0.5) is 0 Å². The van der Waals surface area contributed by atoms with E-state index in [1.807, 2.05) is 6.92 Å². The van der Waals surface area contributed by atoms with Gasteiger partial charge < -0.3 is 5.11 Å². The molecule has 0 saturated heterocycles. The highest BCUT2D eigenvalue weighted by Crippen LogP contribution is 2.45. The van der Waals surface area contributed by atoms with Gasteiger partial charge in [-0.25, -0.2) is 0 Å². The third-order valence-corrected chi connectivity index (χ3v) is 4.23. The normalized spacial score (nSPS) is 26.2. The third kappa shape index (κ3) is 2.64. The molecular weight excluding hydrogens is 184 g/mol. The molecule has 0 bridgehead atoms. The zero-order valence-corrected chi connectivity index (χ0v) is 10.7. The molecule has 0 spiro atoms. The highest BCUT2D eigenvalue weighted by atomic mass is 16.3. The zero-order valence-electron chi connectivity index (χ0n) is 10.7. The predicted octanol–water partition coefficient (Wildman–Crippen LogP) is 4.61. The molecule has 0 fully saturated rings. The van der Waals surface area contributed by atoms with Gasteiger partial charge >= 0.3 is 0 Å². The number of aliphatic hydroxyl groups excluding tert-OH is 1. The topological polar surface area (TPSA) is 20.2 Å². The summed E-state index contributed by atoms with van der Waals surface area (Å²) in [5, 5.41) is 9.34. The minimum atomic E-state index is 0.351. The van der Waals surface area contributed by atoms with Crippen LogP contribution in [0.5, 0.6) is 0 Å². The van der Waals surface area contributed by atoms with Crippen molar-refractivity contribution in [1.29, 1.82) is 0 Å². The molecule has 0 amide bonds. The van der Waals surface area contributed by atoms with Crippen molar-refractivity contribution in [2.24, 2.45) is 11.3 Å². The Morgan fingerprint density at radius 2 is 2.07 bits per heavy atom. The molecule has 1 rings (SSSR count). The summed E-state index contributed by atoms with van der Waals surface area (Å²) in [5.74, 6) is 1.24. The van der Waals surface area contributed by atoms with Gasteiger partial charge in [-0.2, -0.15) is 0 Å². The Bertz CT molecular complexity index is 290. The van der Waals surface area contributed by atoms with Gasteiger partial charge in [-0.1, -0.05) is 25.5 Å². The van der Waals surface area contributed by atoms with Crippen LogP contribution >= 0.6 is 0 Å². The van der Waals surface area contributed by atoms with E-state index in [-0.39, 0.29) is 0 Å². The molecule has 1 heteroatoms. The van der Waals surface area contributed by atoms with Crippen molar-refractivity contribution in [3.8, 4) is 0 Å². The minimum Gasteiger partial charge on any atom is -0.513 e. The molecule has 0 aromatic carbocycles. The summed E-state index contributed by atoms with van der Waals surface area (Å²) in [4.78, 5) is 0. The van der Waals surface area contributed by atoms with Crippen molar-refractivity contribution in [2.75, 3.05) is 0 Å². The predicted molar refractivity (Wildman–Crippen MR) is 65.9 cm³/mol. The van der Waals surface area contributed by atoms with E-state index in [0.717, 1.165) is 17.9 Å². The Hall–Kier alpha value is -0.720. The second kappa shape index (κ2) is 4.42. The summed E-state index contributed by atoms with van der Waals surface area (Å²) in [7, 11) is 0. The summed E-state index contributed by atoms with van der Waals surface area (Å²) < 4.78 is 0. The fourth-order valence-electron chi connectivity index (χ4n) is 2.25. The van der Waals surface area contributed by atoms with E-state index < -0.39 is 0 Å². The van der Waals surface area contributed by atoms with Crippen LogP contribution in [-0.4, -0.2) is 5.11 Å². The second-order valence-corrected chi connectivity index (χ2v) is 5.45. The highest BCUT2D eigenvalue weighted by Gasteiger charge is 2.34. The first-order chi connectivity index (χ1) is 6.85. The Morgan fingerprint density at radius 1 is 1.47 bits per heavy atom.